The second-order valence-electron chi connectivity index (χ2n) is 7.45. The monoisotopic (exact) mass is 560 g/mol. The van der Waals surface area contributed by atoms with Gasteiger partial charge in [-0.25, -0.2) is 4.39 Å². The van der Waals surface area contributed by atoms with Crippen molar-refractivity contribution in [2.75, 3.05) is 24.2 Å². The maximum absolute atomic E-state index is 13.3. The molecule has 0 aromatic heterocycles. The Labute approximate surface area is 218 Å². The summed E-state index contributed by atoms with van der Waals surface area (Å²) in [7, 11) is 0. The number of halogens is 2. The van der Waals surface area contributed by atoms with Crippen LogP contribution < -0.4 is 5.32 Å². The van der Waals surface area contributed by atoms with E-state index in [9.17, 15) is 4.39 Å². The minimum Gasteiger partial charge on any atom is -0.481 e. The lowest BCUT2D eigenvalue weighted by Crippen LogP contribution is -2.26. The Hall–Kier alpha value is -1.64. The number of aryl methyl sites for hydroxylation is 1. The summed E-state index contributed by atoms with van der Waals surface area (Å²) in [5, 5.41) is 11.8. The summed E-state index contributed by atoms with van der Waals surface area (Å²) in [5.41, 5.74) is 1.83. The predicted octanol–water partition coefficient (Wildman–Crippen LogP) is 7.85. The number of thioether (sulfide) groups is 1. The topological polar surface area (TPSA) is 70.9 Å². The SMILES string of the molecule is C/C=C/Br.C/C=C\C(C)OCC1=NC(C)(CCNc2cc(F)ccc2C)CS1.CC.CC(=O)O. The summed E-state index contributed by atoms with van der Waals surface area (Å²) in [6.45, 7) is 16.6. The molecule has 0 fully saturated rings. The van der Waals surface area contributed by atoms with Crippen molar-refractivity contribution < 1.29 is 19.0 Å². The number of hydrogen-bond acceptors (Lipinski definition) is 5. The molecule has 0 bridgehead atoms. The molecule has 0 radical (unpaired) electrons. The van der Waals surface area contributed by atoms with Crippen molar-refractivity contribution in [3.63, 3.8) is 0 Å². The highest BCUT2D eigenvalue weighted by Crippen LogP contribution is 2.31. The molecule has 0 saturated carbocycles. The number of carboxylic acid groups (broad SMARTS) is 1. The minimum absolute atomic E-state index is 0.0819. The van der Waals surface area contributed by atoms with Gasteiger partial charge in [-0.1, -0.05) is 54.1 Å². The average molecular weight is 562 g/mol. The normalized spacial score (nSPS) is 17.5. The molecule has 2 rings (SSSR count). The van der Waals surface area contributed by atoms with Crippen molar-refractivity contribution in [3.8, 4) is 0 Å². The van der Waals surface area contributed by atoms with E-state index in [4.69, 9.17) is 19.6 Å². The second kappa shape index (κ2) is 20.7. The van der Waals surface area contributed by atoms with Gasteiger partial charge >= 0.3 is 0 Å². The number of aliphatic imine (C=N–C) groups is 1. The molecule has 1 aromatic rings. The predicted molar refractivity (Wildman–Crippen MR) is 151 cm³/mol. The van der Waals surface area contributed by atoms with Crippen LogP contribution in [0.5, 0.6) is 0 Å². The lowest BCUT2D eigenvalue weighted by molar-refractivity contribution is -0.134. The zero-order valence-electron chi connectivity index (χ0n) is 21.8. The molecule has 1 aliphatic rings. The van der Waals surface area contributed by atoms with Gasteiger partial charge < -0.3 is 15.2 Å². The first kappa shape index (κ1) is 34.5. The molecule has 0 saturated heterocycles. The lowest BCUT2D eigenvalue weighted by Gasteiger charge is -2.20. The van der Waals surface area contributed by atoms with Crippen LogP contribution in [0, 0.1) is 12.7 Å². The van der Waals surface area contributed by atoms with E-state index in [2.05, 4.69) is 28.2 Å². The van der Waals surface area contributed by atoms with Crippen molar-refractivity contribution in [3.05, 3.63) is 52.8 Å². The number of carbonyl (C=O) groups is 1. The van der Waals surface area contributed by atoms with E-state index >= 15 is 0 Å². The molecular weight excluding hydrogens is 519 g/mol. The largest absolute Gasteiger partial charge is 0.481 e. The Morgan fingerprint density at radius 2 is 1.97 bits per heavy atom. The molecule has 0 spiro atoms. The molecule has 1 heterocycles. The van der Waals surface area contributed by atoms with Crippen LogP contribution in [0.3, 0.4) is 0 Å². The van der Waals surface area contributed by atoms with Crippen molar-refractivity contribution >= 4 is 44.4 Å². The number of nitrogens with zero attached hydrogens (tertiary/aromatic N) is 1. The molecule has 34 heavy (non-hydrogen) atoms. The van der Waals surface area contributed by atoms with E-state index in [0.29, 0.717) is 6.61 Å². The molecule has 194 valence electrons. The van der Waals surface area contributed by atoms with Crippen molar-refractivity contribution in [1.29, 1.82) is 0 Å². The third-order valence-electron chi connectivity index (χ3n) is 4.18. The van der Waals surface area contributed by atoms with Crippen LogP contribution in [0.2, 0.25) is 0 Å². The standard InChI is InChI=1S/C19H27FN2OS.C3H5Br.C2H4O2.C2H6/c1-5-6-15(3)23-12-18-22-19(4,13-24-18)9-10-21-17-11-16(20)8-7-14(17)2;1-2-3-4;1-2(3)4;1-2/h5-8,11,15,21H,9-10,12-13H2,1-4H3;2-3H,1H3;1H3,(H,3,4);1-2H3/b6-5-;3-2+;;. The summed E-state index contributed by atoms with van der Waals surface area (Å²) in [6.07, 6.45) is 6.97. The first-order chi connectivity index (χ1) is 16.1. The second-order valence-corrected chi connectivity index (χ2v) is 9.02. The zero-order valence-corrected chi connectivity index (χ0v) is 24.2. The van der Waals surface area contributed by atoms with Crippen LogP contribution in [-0.2, 0) is 9.53 Å². The fourth-order valence-corrected chi connectivity index (χ4v) is 3.71. The Morgan fingerprint density at radius 3 is 2.50 bits per heavy atom. The Balaban J connectivity index is 0. The smallest absolute Gasteiger partial charge is 0.300 e. The number of hydrogen-bond donors (Lipinski definition) is 2. The first-order valence-corrected chi connectivity index (χ1v) is 13.3. The molecule has 2 atom stereocenters. The van der Waals surface area contributed by atoms with Gasteiger partial charge in [-0.3, -0.25) is 9.79 Å². The van der Waals surface area contributed by atoms with E-state index in [0.717, 1.165) is 41.9 Å². The zero-order chi connectivity index (χ0) is 26.6. The number of ether oxygens (including phenoxy) is 1. The highest BCUT2D eigenvalue weighted by molar-refractivity contribution is 9.11. The van der Waals surface area contributed by atoms with Gasteiger partial charge in [-0.05, 0) is 63.7 Å². The minimum atomic E-state index is -0.833. The number of allylic oxidation sites excluding steroid dienone is 2. The number of benzene rings is 1. The molecular formula is C26H42BrFN2O3S. The number of aliphatic carboxylic acids is 1. The third-order valence-corrected chi connectivity index (χ3v) is 6.02. The fraction of sp³-hybridized carbons (Fsp3) is 0.538. The van der Waals surface area contributed by atoms with Gasteiger partial charge in [0.15, 0.2) is 0 Å². The van der Waals surface area contributed by atoms with E-state index in [-0.39, 0.29) is 17.5 Å². The molecule has 0 amide bonds. The summed E-state index contributed by atoms with van der Waals surface area (Å²) < 4.78 is 19.1. The van der Waals surface area contributed by atoms with Gasteiger partial charge in [0.2, 0.25) is 0 Å². The maximum atomic E-state index is 13.3. The Kier molecular flexibility index (Phi) is 21.0. The molecule has 8 heteroatoms. The quantitative estimate of drug-likeness (QED) is 0.316. The van der Waals surface area contributed by atoms with Gasteiger partial charge in [0.05, 0.1) is 23.3 Å². The van der Waals surface area contributed by atoms with Crippen LogP contribution in [-0.4, -0.2) is 46.7 Å². The number of rotatable bonds is 8. The van der Waals surface area contributed by atoms with Gasteiger partial charge in [0, 0.05) is 24.9 Å². The number of carboxylic acids is 1. The van der Waals surface area contributed by atoms with Crippen LogP contribution in [0.15, 0.2) is 46.4 Å². The molecule has 1 aliphatic heterocycles. The lowest BCUT2D eigenvalue weighted by atomic mass is 10.0. The Morgan fingerprint density at radius 1 is 1.38 bits per heavy atom. The van der Waals surface area contributed by atoms with Crippen LogP contribution in [0.1, 0.15) is 60.5 Å². The van der Waals surface area contributed by atoms with E-state index in [1.807, 2.05) is 64.8 Å². The third kappa shape index (κ3) is 17.8. The summed E-state index contributed by atoms with van der Waals surface area (Å²) >= 11 is 4.84. The van der Waals surface area contributed by atoms with Gasteiger partial charge in [0.25, 0.3) is 5.97 Å². The molecule has 1 aromatic carbocycles. The Bertz CT molecular complexity index is 779. The van der Waals surface area contributed by atoms with Gasteiger partial charge in [0.1, 0.15) is 5.82 Å². The van der Waals surface area contributed by atoms with E-state index in [1.165, 1.54) is 6.07 Å². The maximum Gasteiger partial charge on any atom is 0.300 e. The molecule has 2 unspecified atom stereocenters. The van der Waals surface area contributed by atoms with Crippen LogP contribution >= 0.6 is 27.7 Å². The average Bonchev–Trinajstić information content (AvgIpc) is 3.17. The highest BCUT2D eigenvalue weighted by atomic mass is 79.9. The van der Waals surface area contributed by atoms with Crippen molar-refractivity contribution in [2.24, 2.45) is 4.99 Å². The highest BCUT2D eigenvalue weighted by Gasteiger charge is 2.30. The number of anilines is 1. The van der Waals surface area contributed by atoms with Gasteiger partial charge in [-0.2, -0.15) is 0 Å². The van der Waals surface area contributed by atoms with Crippen LogP contribution in [0.4, 0.5) is 10.1 Å². The summed E-state index contributed by atoms with van der Waals surface area (Å²) in [6, 6.07) is 4.83. The number of nitrogens with one attached hydrogen (secondary N) is 1. The molecule has 0 aliphatic carbocycles. The van der Waals surface area contributed by atoms with Crippen molar-refractivity contribution in [2.45, 2.75) is 73.5 Å². The fourth-order valence-electron chi connectivity index (χ4n) is 2.59. The molecule has 5 nitrogen and oxygen atoms in total. The summed E-state index contributed by atoms with van der Waals surface area (Å²) in [4.78, 5) is 15.7. The summed E-state index contributed by atoms with van der Waals surface area (Å²) in [5.74, 6) is -0.0773. The van der Waals surface area contributed by atoms with Crippen molar-refractivity contribution in [1.82, 2.24) is 0 Å². The van der Waals surface area contributed by atoms with E-state index < -0.39 is 5.97 Å². The molecule has 2 N–H and O–H groups in total. The van der Waals surface area contributed by atoms with Crippen LogP contribution in [0.25, 0.3) is 0 Å². The van der Waals surface area contributed by atoms with E-state index in [1.54, 1.807) is 23.9 Å². The van der Waals surface area contributed by atoms with Gasteiger partial charge in [-0.15, -0.1) is 11.8 Å². The first-order valence-electron chi connectivity index (χ1n) is 11.4.